The standard InChI is InChI=1S/C17H17F4N3.ClH/c18-15-7-12(6-14(8-15)17(19,20)21)11-24-5-4-23-10-16(24)13-2-1-3-22-9-13;/h1-3,6-9,16,23H,4-5,10-11H2;1H. The predicted molar refractivity (Wildman–Crippen MR) is 88.9 cm³/mol. The third-order valence-corrected chi connectivity index (χ3v) is 4.09. The van der Waals surface area contributed by atoms with Crippen LogP contribution in [0.3, 0.4) is 0 Å². The number of benzene rings is 1. The first-order valence-electron chi connectivity index (χ1n) is 7.65. The van der Waals surface area contributed by atoms with Crippen molar-refractivity contribution >= 4 is 12.4 Å². The van der Waals surface area contributed by atoms with E-state index in [1.165, 1.54) is 0 Å². The van der Waals surface area contributed by atoms with E-state index < -0.39 is 17.6 Å². The molecule has 1 aromatic carbocycles. The molecule has 3 rings (SSSR count). The molecule has 0 bridgehead atoms. The fourth-order valence-electron chi connectivity index (χ4n) is 2.98. The molecule has 0 aliphatic carbocycles. The second-order valence-electron chi connectivity index (χ2n) is 5.82. The van der Waals surface area contributed by atoms with E-state index in [4.69, 9.17) is 0 Å². The SMILES string of the molecule is Cl.Fc1cc(CN2CCNCC2c2cccnc2)cc(C(F)(F)F)c1. The molecule has 1 saturated heterocycles. The first-order chi connectivity index (χ1) is 11.4. The number of nitrogens with zero attached hydrogens (tertiary/aromatic N) is 2. The van der Waals surface area contributed by atoms with Crippen molar-refractivity contribution in [3.8, 4) is 0 Å². The first-order valence-corrected chi connectivity index (χ1v) is 7.65. The van der Waals surface area contributed by atoms with Gasteiger partial charge >= 0.3 is 6.18 Å². The Kier molecular flexibility index (Phi) is 6.37. The number of pyridine rings is 1. The summed E-state index contributed by atoms with van der Waals surface area (Å²) >= 11 is 0. The van der Waals surface area contributed by atoms with Crippen LogP contribution in [0.1, 0.15) is 22.7 Å². The molecule has 0 radical (unpaired) electrons. The fraction of sp³-hybridized carbons (Fsp3) is 0.353. The average Bonchev–Trinajstić information content (AvgIpc) is 2.55. The Bertz CT molecular complexity index is 694. The minimum Gasteiger partial charge on any atom is -0.314 e. The van der Waals surface area contributed by atoms with Crippen LogP contribution < -0.4 is 5.32 Å². The topological polar surface area (TPSA) is 28.2 Å². The molecule has 1 fully saturated rings. The zero-order valence-electron chi connectivity index (χ0n) is 13.3. The van der Waals surface area contributed by atoms with Gasteiger partial charge in [0.05, 0.1) is 5.56 Å². The molecular weight excluding hydrogens is 358 g/mol. The second-order valence-corrected chi connectivity index (χ2v) is 5.82. The molecule has 1 atom stereocenters. The zero-order valence-corrected chi connectivity index (χ0v) is 14.1. The fourth-order valence-corrected chi connectivity index (χ4v) is 2.98. The van der Waals surface area contributed by atoms with Crippen molar-refractivity contribution in [2.75, 3.05) is 19.6 Å². The van der Waals surface area contributed by atoms with Crippen LogP contribution in [0.15, 0.2) is 42.7 Å². The third kappa shape index (κ3) is 4.90. The molecule has 136 valence electrons. The lowest BCUT2D eigenvalue weighted by atomic mass is 10.0. The minimum absolute atomic E-state index is 0. The first kappa shape index (κ1) is 19.6. The van der Waals surface area contributed by atoms with Crippen molar-refractivity contribution in [1.29, 1.82) is 0 Å². The maximum atomic E-state index is 13.6. The van der Waals surface area contributed by atoms with Crippen molar-refractivity contribution in [3.05, 3.63) is 65.2 Å². The van der Waals surface area contributed by atoms with Gasteiger partial charge in [0.1, 0.15) is 5.82 Å². The molecule has 1 aliphatic heterocycles. The highest BCUT2D eigenvalue weighted by atomic mass is 35.5. The molecule has 1 aliphatic rings. The molecule has 0 amide bonds. The van der Waals surface area contributed by atoms with Gasteiger partial charge in [0.2, 0.25) is 0 Å². The number of rotatable bonds is 3. The zero-order chi connectivity index (χ0) is 17.2. The molecule has 3 nitrogen and oxygen atoms in total. The van der Waals surface area contributed by atoms with Crippen LogP contribution >= 0.6 is 12.4 Å². The maximum Gasteiger partial charge on any atom is 0.416 e. The molecule has 0 spiro atoms. The summed E-state index contributed by atoms with van der Waals surface area (Å²) in [5.74, 6) is -0.868. The van der Waals surface area contributed by atoms with Crippen LogP contribution in [0.25, 0.3) is 0 Å². The van der Waals surface area contributed by atoms with E-state index in [-0.39, 0.29) is 25.0 Å². The van der Waals surface area contributed by atoms with Crippen LogP contribution in [0.5, 0.6) is 0 Å². The van der Waals surface area contributed by atoms with E-state index in [2.05, 4.69) is 10.3 Å². The van der Waals surface area contributed by atoms with Crippen LogP contribution in [0.4, 0.5) is 17.6 Å². The Labute approximate surface area is 149 Å². The van der Waals surface area contributed by atoms with E-state index in [9.17, 15) is 17.6 Å². The van der Waals surface area contributed by atoms with E-state index in [0.717, 1.165) is 24.2 Å². The summed E-state index contributed by atoms with van der Waals surface area (Å²) in [5.41, 5.74) is 0.348. The summed E-state index contributed by atoms with van der Waals surface area (Å²) in [6.45, 7) is 2.32. The van der Waals surface area contributed by atoms with Crippen LogP contribution in [0, 0.1) is 5.82 Å². The van der Waals surface area contributed by atoms with Gasteiger partial charge in [-0.05, 0) is 35.4 Å². The monoisotopic (exact) mass is 375 g/mol. The van der Waals surface area contributed by atoms with Crippen LogP contribution in [-0.4, -0.2) is 29.5 Å². The number of halogens is 5. The quantitative estimate of drug-likeness (QED) is 0.827. The van der Waals surface area contributed by atoms with Crippen molar-refractivity contribution in [1.82, 2.24) is 15.2 Å². The average molecular weight is 376 g/mol. The highest BCUT2D eigenvalue weighted by molar-refractivity contribution is 5.85. The summed E-state index contributed by atoms with van der Waals surface area (Å²) in [4.78, 5) is 6.14. The van der Waals surface area contributed by atoms with E-state index >= 15 is 0 Å². The third-order valence-electron chi connectivity index (χ3n) is 4.09. The summed E-state index contributed by atoms with van der Waals surface area (Å²) in [7, 11) is 0. The van der Waals surface area contributed by atoms with Gasteiger partial charge in [-0.15, -0.1) is 12.4 Å². The Morgan fingerprint density at radius 2 is 2.04 bits per heavy atom. The Morgan fingerprint density at radius 3 is 2.72 bits per heavy atom. The summed E-state index contributed by atoms with van der Waals surface area (Å²) in [6.07, 6.45) is -1.13. The largest absolute Gasteiger partial charge is 0.416 e. The number of piperazine rings is 1. The van der Waals surface area contributed by atoms with Gasteiger partial charge in [-0.1, -0.05) is 6.07 Å². The molecule has 2 aromatic rings. The number of aromatic nitrogens is 1. The van der Waals surface area contributed by atoms with E-state index in [1.807, 2.05) is 17.0 Å². The van der Waals surface area contributed by atoms with Crippen LogP contribution in [-0.2, 0) is 12.7 Å². The lowest BCUT2D eigenvalue weighted by Gasteiger charge is -2.36. The van der Waals surface area contributed by atoms with Crippen molar-refractivity contribution < 1.29 is 17.6 Å². The number of alkyl halides is 3. The van der Waals surface area contributed by atoms with Gasteiger partial charge in [-0.2, -0.15) is 13.2 Å². The van der Waals surface area contributed by atoms with E-state index in [1.54, 1.807) is 12.4 Å². The summed E-state index contributed by atoms with van der Waals surface area (Å²) in [5, 5.41) is 3.27. The highest BCUT2D eigenvalue weighted by Gasteiger charge is 2.32. The summed E-state index contributed by atoms with van der Waals surface area (Å²) in [6, 6.07) is 6.46. The lowest BCUT2D eigenvalue weighted by molar-refractivity contribution is -0.137. The predicted octanol–water partition coefficient (Wildman–Crippen LogP) is 3.81. The minimum atomic E-state index is -4.55. The highest BCUT2D eigenvalue weighted by Crippen LogP contribution is 2.31. The molecule has 8 heteroatoms. The molecule has 1 aromatic heterocycles. The van der Waals surface area contributed by atoms with Gasteiger partial charge in [0.15, 0.2) is 0 Å². The number of nitrogens with one attached hydrogen (secondary N) is 1. The molecule has 1 unspecified atom stereocenters. The normalized spacial score (nSPS) is 18.6. The van der Waals surface area contributed by atoms with E-state index in [0.29, 0.717) is 24.7 Å². The molecule has 1 N–H and O–H groups in total. The Morgan fingerprint density at radius 1 is 1.24 bits per heavy atom. The van der Waals surface area contributed by atoms with Crippen molar-refractivity contribution in [3.63, 3.8) is 0 Å². The summed E-state index contributed by atoms with van der Waals surface area (Å²) < 4.78 is 52.2. The molecule has 25 heavy (non-hydrogen) atoms. The number of hydrogen-bond acceptors (Lipinski definition) is 3. The maximum absolute atomic E-state index is 13.6. The Balaban J connectivity index is 0.00000225. The molecular formula is C17H18ClF4N3. The lowest BCUT2D eigenvalue weighted by Crippen LogP contribution is -2.45. The van der Waals surface area contributed by atoms with Gasteiger partial charge in [0.25, 0.3) is 0 Å². The second kappa shape index (κ2) is 8.12. The smallest absolute Gasteiger partial charge is 0.314 e. The van der Waals surface area contributed by atoms with Gasteiger partial charge in [0, 0.05) is 44.6 Å². The number of hydrogen-bond donors (Lipinski definition) is 1. The van der Waals surface area contributed by atoms with Crippen molar-refractivity contribution in [2.24, 2.45) is 0 Å². The Hall–Kier alpha value is -1.70. The van der Waals surface area contributed by atoms with Gasteiger partial charge in [-0.25, -0.2) is 4.39 Å². The molecule has 0 saturated carbocycles. The molecule has 2 heterocycles. The van der Waals surface area contributed by atoms with Gasteiger partial charge in [-0.3, -0.25) is 9.88 Å². The van der Waals surface area contributed by atoms with Crippen LogP contribution in [0.2, 0.25) is 0 Å². The van der Waals surface area contributed by atoms with Gasteiger partial charge < -0.3 is 5.32 Å². The van der Waals surface area contributed by atoms with Crippen molar-refractivity contribution in [2.45, 2.75) is 18.8 Å².